The predicted molar refractivity (Wildman–Crippen MR) is 186 cm³/mol. The van der Waals surface area contributed by atoms with Gasteiger partial charge in [0.2, 0.25) is 0 Å². The molecule has 0 spiro atoms. The van der Waals surface area contributed by atoms with E-state index in [4.69, 9.17) is 0 Å². The van der Waals surface area contributed by atoms with Crippen molar-refractivity contribution in [3.8, 4) is 11.3 Å². The van der Waals surface area contributed by atoms with Gasteiger partial charge in [0.15, 0.2) is 5.69 Å². The van der Waals surface area contributed by atoms with Crippen LogP contribution in [0.4, 0.5) is 0 Å². The molecule has 1 aliphatic heterocycles. The van der Waals surface area contributed by atoms with Crippen LogP contribution < -0.4 is 4.57 Å². The molecule has 8 rings (SSSR count). The molecule has 0 bridgehead atoms. The number of fused-ring (bicyclic) bond motifs is 3. The number of aromatic nitrogens is 2. The summed E-state index contributed by atoms with van der Waals surface area (Å²) in [6.45, 7) is 12.5. The smallest absolute Gasteiger partial charge is 0.223 e. The van der Waals surface area contributed by atoms with Gasteiger partial charge in [0, 0.05) is 27.8 Å². The highest BCUT2D eigenvalue weighted by Gasteiger charge is 2.55. The zero-order chi connectivity index (χ0) is 30.2. The summed E-state index contributed by atoms with van der Waals surface area (Å²) in [5, 5.41) is 2.96. The molecule has 0 amide bonds. The average Bonchev–Trinajstić information content (AvgIpc) is 3.48. The van der Waals surface area contributed by atoms with Crippen LogP contribution in [0.25, 0.3) is 33.8 Å². The third-order valence-electron chi connectivity index (χ3n) is 13.5. The molecular formula is C42H53N2+. The fourth-order valence-electron chi connectivity index (χ4n) is 10.5. The Morgan fingerprint density at radius 1 is 0.818 bits per heavy atom. The minimum Gasteiger partial charge on any atom is -0.223 e. The van der Waals surface area contributed by atoms with E-state index in [1.165, 1.54) is 97.6 Å². The van der Waals surface area contributed by atoms with E-state index >= 15 is 0 Å². The highest BCUT2D eigenvalue weighted by atomic mass is 15.2. The van der Waals surface area contributed by atoms with Crippen LogP contribution >= 0.6 is 0 Å². The topological polar surface area (TPSA) is 8.29 Å². The predicted octanol–water partition coefficient (Wildman–Crippen LogP) is 11.5. The Balaban J connectivity index is 1.55. The fraction of sp³-hybridized carbons (Fsp3) is 0.548. The fourth-order valence-corrected chi connectivity index (χ4v) is 10.5. The van der Waals surface area contributed by atoms with Crippen molar-refractivity contribution in [2.45, 2.75) is 147 Å². The molecule has 3 unspecified atom stereocenters. The Kier molecular flexibility index (Phi) is 6.89. The molecular weight excluding hydrogens is 532 g/mol. The van der Waals surface area contributed by atoms with E-state index in [1.807, 2.05) is 0 Å². The zero-order valence-corrected chi connectivity index (χ0v) is 28.0. The lowest BCUT2D eigenvalue weighted by molar-refractivity contribution is -0.750. The van der Waals surface area contributed by atoms with Crippen LogP contribution in [0.5, 0.6) is 0 Å². The average molecular weight is 586 g/mol. The number of allylic oxidation sites excluding steroid dienone is 1. The number of nitrogens with zero attached hydrogens (tertiary/aromatic N) is 2. The van der Waals surface area contributed by atoms with E-state index in [0.717, 1.165) is 19.3 Å². The van der Waals surface area contributed by atoms with Gasteiger partial charge in [-0.2, -0.15) is 4.40 Å². The van der Waals surface area contributed by atoms with Crippen LogP contribution in [0.3, 0.4) is 0 Å². The summed E-state index contributed by atoms with van der Waals surface area (Å²) >= 11 is 0. The van der Waals surface area contributed by atoms with Crippen molar-refractivity contribution in [3.05, 3.63) is 76.6 Å². The van der Waals surface area contributed by atoms with E-state index in [-0.39, 0.29) is 11.0 Å². The summed E-state index contributed by atoms with van der Waals surface area (Å²) in [5.74, 6) is 1.83. The van der Waals surface area contributed by atoms with Crippen LogP contribution in [0, 0.1) is 0 Å². The number of rotatable bonds is 5. The van der Waals surface area contributed by atoms with Gasteiger partial charge in [0.25, 0.3) is 5.65 Å². The molecule has 44 heavy (non-hydrogen) atoms. The summed E-state index contributed by atoms with van der Waals surface area (Å²) in [7, 11) is 0. The Labute approximate surface area is 265 Å². The van der Waals surface area contributed by atoms with E-state index < -0.39 is 0 Å². The Bertz CT molecular complexity index is 1740. The summed E-state index contributed by atoms with van der Waals surface area (Å²) in [6, 6.07) is 14.8. The van der Waals surface area contributed by atoms with Crippen LogP contribution in [-0.2, 0) is 11.0 Å². The van der Waals surface area contributed by atoms with Gasteiger partial charge >= 0.3 is 0 Å². The first-order valence-electron chi connectivity index (χ1n) is 18.3. The van der Waals surface area contributed by atoms with Crippen LogP contribution in [0.2, 0.25) is 0 Å². The first-order chi connectivity index (χ1) is 21.4. The van der Waals surface area contributed by atoms with Crippen molar-refractivity contribution in [1.82, 2.24) is 4.40 Å². The van der Waals surface area contributed by atoms with E-state index in [9.17, 15) is 0 Å². The molecule has 3 atom stereocenters. The lowest BCUT2D eigenvalue weighted by atomic mass is 9.61. The van der Waals surface area contributed by atoms with Crippen LogP contribution in [-0.4, -0.2) is 4.40 Å². The molecule has 2 fully saturated rings. The molecule has 0 radical (unpaired) electrons. The molecule has 4 aliphatic rings. The first kappa shape index (κ1) is 28.6. The second-order valence-electron chi connectivity index (χ2n) is 15.4. The van der Waals surface area contributed by atoms with Crippen molar-refractivity contribution < 1.29 is 4.57 Å². The molecule has 2 heteroatoms. The summed E-state index contributed by atoms with van der Waals surface area (Å²) in [5.41, 5.74) is 12.4. The number of pyridine rings is 1. The standard InChI is InChI=1S/C42H53N2/c1-6-41(4)35-26-16-24-33-34-25-14-17-28(3)39(34)44-36(27-43(40(44)38(33)35)42(41,5)7-2)37-31(29-18-10-8-11-19-29)22-15-23-32(37)30-20-12-9-13-21-30/h14-16,22-30H,6-13,17-21H2,1-5H3/q+1. The number of benzene rings is 2. The van der Waals surface area contributed by atoms with Crippen LogP contribution in [0.15, 0.2) is 48.7 Å². The largest absolute Gasteiger partial charge is 0.295 e. The lowest BCUT2D eigenvalue weighted by Crippen LogP contribution is -2.65. The van der Waals surface area contributed by atoms with Gasteiger partial charge in [-0.15, -0.1) is 0 Å². The molecule has 0 N–H and O–H groups in total. The monoisotopic (exact) mass is 585 g/mol. The van der Waals surface area contributed by atoms with Crippen molar-refractivity contribution in [2.75, 3.05) is 0 Å². The third-order valence-corrected chi connectivity index (χ3v) is 13.5. The number of hydrogen-bond acceptors (Lipinski definition) is 0. The first-order valence-corrected chi connectivity index (χ1v) is 18.3. The second kappa shape index (κ2) is 10.6. The normalized spacial score (nSPS) is 27.4. The van der Waals surface area contributed by atoms with Crippen LogP contribution in [0.1, 0.15) is 164 Å². The maximum atomic E-state index is 2.83. The molecule has 2 aromatic carbocycles. The summed E-state index contributed by atoms with van der Waals surface area (Å²) in [4.78, 5) is 0. The SMILES string of the molecule is CCC1(C)c2cccc3c4c(n5c(-c6c(C7CCCCC7)cccc6C6CCCCC6)c[n+](c5c23)C1(C)CC)C(C)CC=C4. The number of hydrogen-bond donors (Lipinski definition) is 0. The zero-order valence-electron chi connectivity index (χ0n) is 28.0. The van der Waals surface area contributed by atoms with E-state index in [2.05, 4.69) is 98.3 Å². The second-order valence-corrected chi connectivity index (χ2v) is 15.4. The van der Waals surface area contributed by atoms with Gasteiger partial charge in [-0.25, -0.2) is 4.57 Å². The van der Waals surface area contributed by atoms with Gasteiger partial charge in [-0.05, 0) is 80.4 Å². The molecule has 4 aromatic rings. The maximum absolute atomic E-state index is 2.83. The van der Waals surface area contributed by atoms with Crippen molar-refractivity contribution in [3.63, 3.8) is 0 Å². The van der Waals surface area contributed by atoms with Gasteiger partial charge in [0.1, 0.15) is 17.4 Å². The lowest BCUT2D eigenvalue weighted by Gasteiger charge is -2.46. The minimum atomic E-state index is -0.0146. The Hall–Kier alpha value is -2.87. The highest BCUT2D eigenvalue weighted by molar-refractivity contribution is 6.03. The maximum Gasteiger partial charge on any atom is 0.295 e. The highest BCUT2D eigenvalue weighted by Crippen LogP contribution is 2.53. The minimum absolute atomic E-state index is 0.0146. The molecule has 0 saturated heterocycles. The quantitative estimate of drug-likeness (QED) is 0.206. The summed E-state index contributed by atoms with van der Waals surface area (Å²) in [6.07, 6.45) is 24.6. The third kappa shape index (κ3) is 3.81. The van der Waals surface area contributed by atoms with E-state index in [0.29, 0.717) is 17.8 Å². The molecule has 3 aliphatic carbocycles. The molecule has 2 nitrogen and oxygen atoms in total. The van der Waals surface area contributed by atoms with Crippen molar-refractivity contribution >= 4 is 22.5 Å². The Morgan fingerprint density at radius 3 is 2.07 bits per heavy atom. The number of imidazole rings is 1. The van der Waals surface area contributed by atoms with Gasteiger partial charge < -0.3 is 0 Å². The molecule has 2 saturated carbocycles. The van der Waals surface area contributed by atoms with E-state index in [1.54, 1.807) is 22.3 Å². The van der Waals surface area contributed by atoms with Gasteiger partial charge in [-0.3, -0.25) is 0 Å². The molecule has 3 heterocycles. The molecule has 2 aromatic heterocycles. The molecule has 230 valence electrons. The summed E-state index contributed by atoms with van der Waals surface area (Å²) < 4.78 is 5.63. The van der Waals surface area contributed by atoms with Crippen molar-refractivity contribution in [2.24, 2.45) is 0 Å². The Morgan fingerprint density at radius 2 is 1.45 bits per heavy atom. The van der Waals surface area contributed by atoms with Gasteiger partial charge in [0.05, 0.1) is 5.39 Å². The van der Waals surface area contributed by atoms with Gasteiger partial charge in [-0.1, -0.05) is 115 Å². The van der Waals surface area contributed by atoms with Crippen molar-refractivity contribution in [1.29, 1.82) is 0 Å².